The number of carbonyl (C=O) groups is 1. The van der Waals surface area contributed by atoms with Crippen LogP contribution in [0.5, 0.6) is 0 Å². The van der Waals surface area contributed by atoms with Crippen molar-refractivity contribution in [2.75, 3.05) is 13.1 Å². The molecule has 0 spiro atoms. The van der Waals surface area contributed by atoms with E-state index in [1.807, 2.05) is 0 Å². The molecule has 1 aliphatic rings. The molecule has 2 N–H and O–H groups in total. The van der Waals surface area contributed by atoms with Crippen molar-refractivity contribution in [1.29, 1.82) is 0 Å². The molecule has 1 saturated heterocycles. The highest BCUT2D eigenvalue weighted by molar-refractivity contribution is 6.31. The van der Waals surface area contributed by atoms with Gasteiger partial charge in [-0.2, -0.15) is 13.2 Å². The fourth-order valence-corrected chi connectivity index (χ4v) is 3.80. The molecule has 2 aromatic rings. The van der Waals surface area contributed by atoms with Crippen molar-refractivity contribution in [3.63, 3.8) is 0 Å². The van der Waals surface area contributed by atoms with Crippen molar-refractivity contribution in [3.8, 4) is 0 Å². The van der Waals surface area contributed by atoms with E-state index < -0.39 is 29.2 Å². The Kier molecular flexibility index (Phi) is 6.43. The summed E-state index contributed by atoms with van der Waals surface area (Å²) in [4.78, 5) is 17.6. The van der Waals surface area contributed by atoms with Gasteiger partial charge in [0, 0.05) is 30.4 Å². The Hall–Kier alpha value is -2.19. The predicted molar refractivity (Wildman–Crippen MR) is 101 cm³/mol. The Bertz CT molecular complexity index is 882. The molecule has 2 heterocycles. The highest BCUT2D eigenvalue weighted by atomic mass is 35.5. The van der Waals surface area contributed by atoms with Crippen LogP contribution in [0.3, 0.4) is 0 Å². The lowest BCUT2D eigenvalue weighted by Gasteiger charge is -2.35. The molecular formula is C20H20ClF4N3O. The maximum absolute atomic E-state index is 13.4. The Balaban J connectivity index is 1.63. The van der Waals surface area contributed by atoms with E-state index >= 15 is 0 Å². The number of nitrogens with zero attached hydrogens (tertiary/aromatic N) is 2. The molecule has 0 radical (unpaired) electrons. The number of amides is 1. The monoisotopic (exact) mass is 429 g/mol. The Labute approximate surface area is 170 Å². The highest BCUT2D eigenvalue weighted by Gasteiger charge is 2.38. The van der Waals surface area contributed by atoms with Gasteiger partial charge in [-0.05, 0) is 61.1 Å². The van der Waals surface area contributed by atoms with E-state index in [2.05, 4.69) is 4.98 Å². The summed E-state index contributed by atoms with van der Waals surface area (Å²) in [7, 11) is 0. The average Bonchev–Trinajstić information content (AvgIpc) is 2.69. The Morgan fingerprint density at radius 2 is 1.97 bits per heavy atom. The van der Waals surface area contributed by atoms with Crippen LogP contribution in [-0.2, 0) is 12.6 Å². The fraction of sp³-hybridized carbons (Fsp3) is 0.400. The molecule has 1 amide bonds. The molecule has 1 aromatic heterocycles. The van der Waals surface area contributed by atoms with Gasteiger partial charge in [0.25, 0.3) is 5.91 Å². The van der Waals surface area contributed by atoms with Crippen LogP contribution in [0.4, 0.5) is 17.6 Å². The van der Waals surface area contributed by atoms with E-state index in [1.54, 1.807) is 0 Å². The van der Waals surface area contributed by atoms with Gasteiger partial charge in [0.1, 0.15) is 11.5 Å². The SMILES string of the molecule is NC(Cc1cc(F)ccc1Cl)C1CCN(C(=O)c2ncccc2C(F)(F)F)CC1. The molecule has 1 unspecified atom stereocenters. The lowest BCUT2D eigenvalue weighted by atomic mass is 9.86. The van der Waals surface area contributed by atoms with Crippen molar-refractivity contribution in [2.45, 2.75) is 31.5 Å². The summed E-state index contributed by atoms with van der Waals surface area (Å²) in [5.41, 5.74) is 5.25. The number of halogens is 5. The van der Waals surface area contributed by atoms with Gasteiger partial charge in [-0.25, -0.2) is 4.39 Å². The summed E-state index contributed by atoms with van der Waals surface area (Å²) >= 11 is 6.09. The summed E-state index contributed by atoms with van der Waals surface area (Å²) < 4.78 is 52.9. The zero-order valence-electron chi connectivity index (χ0n) is 15.4. The van der Waals surface area contributed by atoms with Crippen molar-refractivity contribution < 1.29 is 22.4 Å². The van der Waals surface area contributed by atoms with Gasteiger partial charge >= 0.3 is 6.18 Å². The number of hydrogen-bond acceptors (Lipinski definition) is 3. The number of aromatic nitrogens is 1. The second kappa shape index (κ2) is 8.67. The van der Waals surface area contributed by atoms with Crippen LogP contribution < -0.4 is 5.73 Å². The first-order valence-corrected chi connectivity index (χ1v) is 9.55. The Morgan fingerprint density at radius 3 is 2.62 bits per heavy atom. The zero-order chi connectivity index (χ0) is 21.2. The lowest BCUT2D eigenvalue weighted by molar-refractivity contribution is -0.138. The molecule has 1 atom stereocenters. The quantitative estimate of drug-likeness (QED) is 0.736. The molecule has 9 heteroatoms. The second-order valence-corrected chi connectivity index (χ2v) is 7.54. The lowest BCUT2D eigenvalue weighted by Crippen LogP contribution is -2.44. The maximum atomic E-state index is 13.4. The molecule has 3 rings (SSSR count). The van der Waals surface area contributed by atoms with Crippen LogP contribution in [0.2, 0.25) is 5.02 Å². The first-order valence-electron chi connectivity index (χ1n) is 9.18. The van der Waals surface area contributed by atoms with Crippen molar-refractivity contribution in [2.24, 2.45) is 11.7 Å². The van der Waals surface area contributed by atoms with E-state index in [-0.39, 0.29) is 25.0 Å². The van der Waals surface area contributed by atoms with Gasteiger partial charge in [0.2, 0.25) is 0 Å². The maximum Gasteiger partial charge on any atom is 0.418 e. The van der Waals surface area contributed by atoms with Gasteiger partial charge in [-0.3, -0.25) is 9.78 Å². The number of pyridine rings is 1. The first kappa shape index (κ1) is 21.5. The molecular weight excluding hydrogens is 410 g/mol. The molecule has 1 aliphatic heterocycles. The fourth-order valence-electron chi connectivity index (χ4n) is 3.61. The predicted octanol–water partition coefficient (Wildman–Crippen LogP) is 4.32. The number of likely N-dealkylation sites (tertiary alicyclic amines) is 1. The molecule has 1 aromatic carbocycles. The van der Waals surface area contributed by atoms with Crippen LogP contribution in [0.25, 0.3) is 0 Å². The minimum Gasteiger partial charge on any atom is -0.337 e. The minimum atomic E-state index is -4.65. The topological polar surface area (TPSA) is 59.2 Å². The second-order valence-electron chi connectivity index (χ2n) is 7.13. The van der Waals surface area contributed by atoms with Crippen LogP contribution >= 0.6 is 11.6 Å². The van der Waals surface area contributed by atoms with E-state index in [1.165, 1.54) is 29.3 Å². The summed E-state index contributed by atoms with van der Waals surface area (Å²) in [5, 5.41) is 0.435. The summed E-state index contributed by atoms with van der Waals surface area (Å²) in [5.74, 6) is -1.09. The van der Waals surface area contributed by atoms with Gasteiger partial charge in [0.15, 0.2) is 0 Å². The van der Waals surface area contributed by atoms with Crippen LogP contribution in [0.15, 0.2) is 36.5 Å². The largest absolute Gasteiger partial charge is 0.418 e. The summed E-state index contributed by atoms with van der Waals surface area (Å²) in [6, 6.07) is 5.81. The van der Waals surface area contributed by atoms with Crippen molar-refractivity contribution in [1.82, 2.24) is 9.88 Å². The number of alkyl halides is 3. The molecule has 4 nitrogen and oxygen atoms in total. The number of rotatable bonds is 4. The van der Waals surface area contributed by atoms with E-state index in [9.17, 15) is 22.4 Å². The third kappa shape index (κ3) is 5.05. The van der Waals surface area contributed by atoms with Gasteiger partial charge in [-0.1, -0.05) is 11.6 Å². The minimum absolute atomic E-state index is 0.0456. The van der Waals surface area contributed by atoms with Gasteiger partial charge < -0.3 is 10.6 Å². The van der Waals surface area contributed by atoms with E-state index in [0.717, 1.165) is 12.1 Å². The number of piperidine rings is 1. The molecule has 156 valence electrons. The number of carbonyl (C=O) groups excluding carboxylic acids is 1. The van der Waals surface area contributed by atoms with Crippen LogP contribution in [-0.4, -0.2) is 34.9 Å². The molecule has 29 heavy (non-hydrogen) atoms. The van der Waals surface area contributed by atoms with Crippen molar-refractivity contribution >= 4 is 17.5 Å². The highest BCUT2D eigenvalue weighted by Crippen LogP contribution is 2.32. The molecule has 1 fully saturated rings. The van der Waals surface area contributed by atoms with E-state index in [0.29, 0.717) is 29.8 Å². The van der Waals surface area contributed by atoms with E-state index in [4.69, 9.17) is 17.3 Å². The van der Waals surface area contributed by atoms with Crippen LogP contribution in [0, 0.1) is 11.7 Å². The summed E-state index contributed by atoms with van der Waals surface area (Å²) in [6.07, 6.45) is -2.02. The number of benzene rings is 1. The molecule has 0 bridgehead atoms. The van der Waals surface area contributed by atoms with Crippen molar-refractivity contribution in [3.05, 3.63) is 64.2 Å². The zero-order valence-corrected chi connectivity index (χ0v) is 16.2. The average molecular weight is 430 g/mol. The number of hydrogen-bond donors (Lipinski definition) is 1. The summed E-state index contributed by atoms with van der Waals surface area (Å²) in [6.45, 7) is 0.559. The Morgan fingerprint density at radius 1 is 1.28 bits per heavy atom. The third-order valence-corrected chi connectivity index (χ3v) is 5.58. The third-order valence-electron chi connectivity index (χ3n) is 5.21. The first-order chi connectivity index (χ1) is 13.7. The van der Waals surface area contributed by atoms with Crippen LogP contribution in [0.1, 0.15) is 34.5 Å². The van der Waals surface area contributed by atoms with Gasteiger partial charge in [-0.15, -0.1) is 0 Å². The smallest absolute Gasteiger partial charge is 0.337 e. The van der Waals surface area contributed by atoms with Gasteiger partial charge in [0.05, 0.1) is 5.56 Å². The molecule has 0 aliphatic carbocycles. The standard InChI is InChI=1S/C20H20ClF4N3O/c21-16-4-3-14(22)10-13(16)11-17(26)12-5-8-28(9-6-12)19(29)18-15(20(23,24)25)2-1-7-27-18/h1-4,7,10,12,17H,5-6,8-9,11,26H2. The molecule has 0 saturated carbocycles. The normalized spacial score (nSPS) is 16.7. The number of nitrogens with two attached hydrogens (primary N) is 1.